The van der Waals surface area contributed by atoms with Crippen LogP contribution in [0, 0.1) is 27.7 Å². The summed E-state index contributed by atoms with van der Waals surface area (Å²) in [6, 6.07) is 13.6. The third-order valence-corrected chi connectivity index (χ3v) is 4.29. The molecule has 0 atom stereocenters. The van der Waals surface area contributed by atoms with Crippen molar-refractivity contribution in [1.29, 1.82) is 0 Å². The van der Waals surface area contributed by atoms with Gasteiger partial charge in [0.05, 0.1) is 0 Å². The maximum atomic E-state index is 12.6. The maximum absolute atomic E-state index is 12.6. The van der Waals surface area contributed by atoms with E-state index in [1.807, 2.05) is 50.2 Å². The molecule has 2 N–H and O–H groups in total. The molecule has 0 fully saturated rings. The first-order valence-electron chi connectivity index (χ1n) is 8.48. The number of carbonyl (C=O) groups is 1. The van der Waals surface area contributed by atoms with Crippen LogP contribution in [0.1, 0.15) is 32.7 Å². The Morgan fingerprint density at radius 2 is 1.65 bits per heavy atom. The van der Waals surface area contributed by atoms with Crippen LogP contribution >= 0.6 is 0 Å². The summed E-state index contributed by atoms with van der Waals surface area (Å²) in [5.41, 5.74) is 6.49. The van der Waals surface area contributed by atoms with Crippen LogP contribution in [0.4, 0.5) is 17.3 Å². The molecule has 0 radical (unpaired) electrons. The van der Waals surface area contributed by atoms with Gasteiger partial charge in [-0.05, 0) is 74.2 Å². The van der Waals surface area contributed by atoms with Crippen molar-refractivity contribution in [2.24, 2.45) is 0 Å². The molecule has 26 heavy (non-hydrogen) atoms. The first-order valence-corrected chi connectivity index (χ1v) is 8.48. The summed E-state index contributed by atoms with van der Waals surface area (Å²) in [7, 11) is 0. The van der Waals surface area contributed by atoms with E-state index in [0.717, 1.165) is 22.5 Å². The summed E-state index contributed by atoms with van der Waals surface area (Å²) in [6.07, 6.45) is 1.58. The number of anilines is 3. The van der Waals surface area contributed by atoms with Crippen LogP contribution < -0.4 is 10.6 Å². The highest BCUT2D eigenvalue weighted by Gasteiger charge is 2.11. The number of aromatic nitrogens is 2. The second kappa shape index (κ2) is 7.35. The molecule has 0 unspecified atom stereocenters. The van der Waals surface area contributed by atoms with Gasteiger partial charge in [0, 0.05) is 17.6 Å². The molecule has 0 bridgehead atoms. The summed E-state index contributed by atoms with van der Waals surface area (Å²) in [5.74, 6) is 0.131. The van der Waals surface area contributed by atoms with Crippen molar-refractivity contribution < 1.29 is 4.79 Å². The monoisotopic (exact) mass is 346 g/mol. The predicted molar refractivity (Wildman–Crippen MR) is 105 cm³/mol. The van der Waals surface area contributed by atoms with Crippen molar-refractivity contribution in [2.75, 3.05) is 10.6 Å². The van der Waals surface area contributed by atoms with Gasteiger partial charge in [0.1, 0.15) is 5.69 Å². The largest absolute Gasteiger partial charge is 0.324 e. The Balaban J connectivity index is 1.78. The van der Waals surface area contributed by atoms with Crippen LogP contribution in [-0.4, -0.2) is 15.9 Å². The number of nitrogens with one attached hydrogen (secondary N) is 2. The SMILES string of the molecule is Cc1ccc(C)c(NC(=O)c2ccnc(Nc3ccc(C)c(C)c3)n2)c1. The van der Waals surface area contributed by atoms with Crippen LogP contribution in [0.25, 0.3) is 0 Å². The van der Waals surface area contributed by atoms with E-state index in [4.69, 9.17) is 0 Å². The second-order valence-corrected chi connectivity index (χ2v) is 6.46. The smallest absolute Gasteiger partial charge is 0.274 e. The molecule has 1 amide bonds. The molecular weight excluding hydrogens is 324 g/mol. The molecule has 5 nitrogen and oxygen atoms in total. The molecule has 0 aliphatic rings. The summed E-state index contributed by atoms with van der Waals surface area (Å²) < 4.78 is 0. The number of carbonyl (C=O) groups excluding carboxylic acids is 1. The Labute approximate surface area is 153 Å². The van der Waals surface area contributed by atoms with E-state index in [-0.39, 0.29) is 5.91 Å². The molecule has 3 aromatic rings. The molecule has 132 valence electrons. The average molecular weight is 346 g/mol. The van der Waals surface area contributed by atoms with Gasteiger partial charge in [-0.3, -0.25) is 4.79 Å². The number of nitrogens with zero attached hydrogens (tertiary/aromatic N) is 2. The van der Waals surface area contributed by atoms with E-state index in [1.165, 1.54) is 11.1 Å². The van der Waals surface area contributed by atoms with Crippen molar-refractivity contribution in [3.05, 3.63) is 76.6 Å². The van der Waals surface area contributed by atoms with Gasteiger partial charge in [0.15, 0.2) is 0 Å². The van der Waals surface area contributed by atoms with Crippen LogP contribution in [0.15, 0.2) is 48.7 Å². The Bertz CT molecular complexity index is 966. The summed E-state index contributed by atoms with van der Waals surface area (Å²) in [4.78, 5) is 21.1. The number of rotatable bonds is 4. The minimum atomic E-state index is -0.260. The Hall–Kier alpha value is -3.21. The third kappa shape index (κ3) is 4.06. The highest BCUT2D eigenvalue weighted by atomic mass is 16.1. The summed E-state index contributed by atoms with van der Waals surface area (Å²) in [5, 5.41) is 6.07. The lowest BCUT2D eigenvalue weighted by Crippen LogP contribution is -2.15. The lowest BCUT2D eigenvalue weighted by Gasteiger charge is -2.10. The molecule has 2 aromatic carbocycles. The third-order valence-electron chi connectivity index (χ3n) is 4.29. The molecular formula is C21H22N4O. The van der Waals surface area contributed by atoms with Gasteiger partial charge in [-0.15, -0.1) is 0 Å². The molecule has 5 heteroatoms. The molecule has 3 rings (SSSR count). The number of hydrogen-bond acceptors (Lipinski definition) is 4. The molecule has 0 saturated heterocycles. The number of benzene rings is 2. The standard InChI is InChI=1S/C21H22N4O/c1-13-5-6-15(3)19(11-13)24-20(26)18-9-10-22-21(25-18)23-17-8-7-14(2)16(4)12-17/h5-12H,1-4H3,(H,24,26)(H,22,23,25). The summed E-state index contributed by atoms with van der Waals surface area (Å²) in [6.45, 7) is 8.07. The number of amides is 1. The Morgan fingerprint density at radius 3 is 2.42 bits per heavy atom. The second-order valence-electron chi connectivity index (χ2n) is 6.46. The van der Waals surface area contributed by atoms with Crippen molar-refractivity contribution in [3.63, 3.8) is 0 Å². The topological polar surface area (TPSA) is 66.9 Å². The van der Waals surface area contributed by atoms with Crippen LogP contribution in [0.2, 0.25) is 0 Å². The number of hydrogen-bond donors (Lipinski definition) is 2. The van der Waals surface area contributed by atoms with E-state index in [2.05, 4.69) is 34.4 Å². The fraction of sp³-hybridized carbons (Fsp3) is 0.190. The summed E-state index contributed by atoms with van der Waals surface area (Å²) >= 11 is 0. The zero-order valence-electron chi connectivity index (χ0n) is 15.4. The lowest BCUT2D eigenvalue weighted by molar-refractivity contribution is 0.102. The molecule has 0 spiro atoms. The fourth-order valence-corrected chi connectivity index (χ4v) is 2.55. The number of aryl methyl sites for hydroxylation is 4. The minimum Gasteiger partial charge on any atom is -0.324 e. The normalized spacial score (nSPS) is 10.5. The van der Waals surface area contributed by atoms with Crippen LogP contribution in [0.3, 0.4) is 0 Å². The van der Waals surface area contributed by atoms with E-state index in [1.54, 1.807) is 12.3 Å². The predicted octanol–water partition coefficient (Wildman–Crippen LogP) is 4.71. The van der Waals surface area contributed by atoms with E-state index in [9.17, 15) is 4.79 Å². The zero-order valence-corrected chi connectivity index (χ0v) is 15.4. The lowest BCUT2D eigenvalue weighted by atomic mass is 10.1. The van der Waals surface area contributed by atoms with Gasteiger partial charge in [-0.25, -0.2) is 9.97 Å². The first-order chi connectivity index (χ1) is 12.4. The minimum absolute atomic E-state index is 0.260. The quantitative estimate of drug-likeness (QED) is 0.718. The molecule has 0 aliphatic heterocycles. The first kappa shape index (κ1) is 17.6. The Morgan fingerprint density at radius 1 is 0.885 bits per heavy atom. The van der Waals surface area contributed by atoms with Crippen molar-refractivity contribution in [1.82, 2.24) is 9.97 Å². The van der Waals surface area contributed by atoms with Gasteiger partial charge >= 0.3 is 0 Å². The van der Waals surface area contributed by atoms with E-state index < -0.39 is 0 Å². The van der Waals surface area contributed by atoms with E-state index in [0.29, 0.717) is 11.6 Å². The van der Waals surface area contributed by atoms with Crippen LogP contribution in [-0.2, 0) is 0 Å². The average Bonchev–Trinajstić information content (AvgIpc) is 2.61. The molecule has 0 saturated carbocycles. The van der Waals surface area contributed by atoms with Gasteiger partial charge in [0.25, 0.3) is 5.91 Å². The molecule has 0 aliphatic carbocycles. The molecule has 1 heterocycles. The van der Waals surface area contributed by atoms with Gasteiger partial charge in [-0.2, -0.15) is 0 Å². The van der Waals surface area contributed by atoms with Gasteiger partial charge < -0.3 is 10.6 Å². The highest BCUT2D eigenvalue weighted by Crippen LogP contribution is 2.19. The van der Waals surface area contributed by atoms with E-state index >= 15 is 0 Å². The van der Waals surface area contributed by atoms with Crippen molar-refractivity contribution in [2.45, 2.75) is 27.7 Å². The molecule has 1 aromatic heterocycles. The highest BCUT2D eigenvalue weighted by molar-refractivity contribution is 6.03. The van der Waals surface area contributed by atoms with Gasteiger partial charge in [-0.1, -0.05) is 18.2 Å². The van der Waals surface area contributed by atoms with Crippen molar-refractivity contribution >= 4 is 23.2 Å². The zero-order chi connectivity index (χ0) is 18.7. The van der Waals surface area contributed by atoms with Crippen LogP contribution in [0.5, 0.6) is 0 Å². The maximum Gasteiger partial charge on any atom is 0.274 e. The Kier molecular flexibility index (Phi) is 4.98. The van der Waals surface area contributed by atoms with Crippen molar-refractivity contribution in [3.8, 4) is 0 Å². The fourth-order valence-electron chi connectivity index (χ4n) is 2.55. The van der Waals surface area contributed by atoms with Gasteiger partial charge in [0.2, 0.25) is 5.95 Å².